The molecule has 6 heteroatoms. The highest BCUT2D eigenvalue weighted by molar-refractivity contribution is 9.10. The van der Waals surface area contributed by atoms with Crippen molar-refractivity contribution in [2.75, 3.05) is 6.54 Å². The Morgan fingerprint density at radius 2 is 2.00 bits per heavy atom. The Morgan fingerprint density at radius 3 is 2.62 bits per heavy atom. The molecular weight excluding hydrogens is 336 g/mol. The first-order chi connectivity index (χ1) is 9.97. The number of hydrogen-bond donors (Lipinski definition) is 1. The molecule has 0 radical (unpaired) electrons. The molecule has 5 nitrogen and oxygen atoms in total. The van der Waals surface area contributed by atoms with Gasteiger partial charge in [-0.3, -0.25) is 19.3 Å². The van der Waals surface area contributed by atoms with Crippen LogP contribution in [0.5, 0.6) is 0 Å². The molecule has 1 aliphatic rings. The molecule has 0 aliphatic carbocycles. The average molecular weight is 353 g/mol. The lowest BCUT2D eigenvalue weighted by Gasteiger charge is -2.17. The molecule has 1 aromatic rings. The smallest absolute Gasteiger partial charge is 0.229 e. The number of amides is 3. The maximum absolute atomic E-state index is 11.9. The maximum atomic E-state index is 11.9. The lowest BCUT2D eigenvalue weighted by molar-refractivity contribution is -0.138. The van der Waals surface area contributed by atoms with Crippen LogP contribution in [0.1, 0.15) is 37.8 Å². The minimum absolute atomic E-state index is 0.125. The first-order valence-corrected chi connectivity index (χ1v) is 7.64. The molecule has 2 rings (SSSR count). The van der Waals surface area contributed by atoms with Crippen LogP contribution in [-0.2, 0) is 14.4 Å². The SMILES string of the molecule is CC(NC(=O)CCN1C(=O)CCC1=O)c1cccc(Br)c1. The van der Waals surface area contributed by atoms with Gasteiger partial charge in [-0.1, -0.05) is 28.1 Å². The maximum Gasteiger partial charge on any atom is 0.229 e. The summed E-state index contributed by atoms with van der Waals surface area (Å²) in [5.41, 5.74) is 0.992. The Labute approximate surface area is 131 Å². The normalized spacial score (nSPS) is 16.2. The first-order valence-electron chi connectivity index (χ1n) is 6.85. The molecule has 1 atom stereocenters. The number of halogens is 1. The van der Waals surface area contributed by atoms with E-state index in [0.29, 0.717) is 0 Å². The highest BCUT2D eigenvalue weighted by Crippen LogP contribution is 2.18. The van der Waals surface area contributed by atoms with Gasteiger partial charge in [0.2, 0.25) is 17.7 Å². The Kier molecular flexibility index (Phi) is 5.12. The molecule has 0 spiro atoms. The zero-order valence-corrected chi connectivity index (χ0v) is 13.4. The zero-order chi connectivity index (χ0) is 15.4. The van der Waals surface area contributed by atoms with Crippen LogP contribution < -0.4 is 5.32 Å². The van der Waals surface area contributed by atoms with E-state index in [1.54, 1.807) is 0 Å². The van der Waals surface area contributed by atoms with Crippen molar-refractivity contribution in [1.29, 1.82) is 0 Å². The highest BCUT2D eigenvalue weighted by atomic mass is 79.9. The van der Waals surface area contributed by atoms with E-state index < -0.39 is 0 Å². The van der Waals surface area contributed by atoms with Gasteiger partial charge in [-0.2, -0.15) is 0 Å². The van der Waals surface area contributed by atoms with Crippen molar-refractivity contribution in [1.82, 2.24) is 10.2 Å². The molecule has 3 amide bonds. The Morgan fingerprint density at radius 1 is 1.33 bits per heavy atom. The van der Waals surface area contributed by atoms with Crippen molar-refractivity contribution in [2.45, 2.75) is 32.2 Å². The molecule has 1 aliphatic heterocycles. The van der Waals surface area contributed by atoms with Gasteiger partial charge in [0.1, 0.15) is 0 Å². The van der Waals surface area contributed by atoms with Crippen LogP contribution in [0.25, 0.3) is 0 Å². The number of rotatable bonds is 5. The van der Waals surface area contributed by atoms with Crippen LogP contribution in [-0.4, -0.2) is 29.2 Å². The predicted molar refractivity (Wildman–Crippen MR) is 81.3 cm³/mol. The minimum atomic E-state index is -0.187. The standard InChI is InChI=1S/C15H17BrN2O3/c1-10(11-3-2-4-12(16)9-11)17-13(19)7-8-18-14(20)5-6-15(18)21/h2-4,9-10H,5-8H2,1H3,(H,17,19). The van der Waals surface area contributed by atoms with Crippen molar-refractivity contribution in [3.05, 3.63) is 34.3 Å². The Balaban J connectivity index is 1.84. The molecular formula is C15H17BrN2O3. The van der Waals surface area contributed by atoms with Crippen molar-refractivity contribution < 1.29 is 14.4 Å². The molecule has 1 unspecified atom stereocenters. The third kappa shape index (κ3) is 4.14. The lowest BCUT2D eigenvalue weighted by Crippen LogP contribution is -2.34. The summed E-state index contributed by atoms with van der Waals surface area (Å²) in [6.45, 7) is 2.06. The van der Waals surface area contributed by atoms with E-state index in [1.165, 1.54) is 4.90 Å². The van der Waals surface area contributed by atoms with Gasteiger partial charge in [-0.25, -0.2) is 0 Å². The molecule has 1 heterocycles. The summed E-state index contributed by atoms with van der Waals surface area (Å²) in [4.78, 5) is 36.0. The summed E-state index contributed by atoms with van der Waals surface area (Å²) in [5.74, 6) is -0.546. The van der Waals surface area contributed by atoms with Crippen molar-refractivity contribution in [2.24, 2.45) is 0 Å². The number of nitrogens with one attached hydrogen (secondary N) is 1. The van der Waals surface area contributed by atoms with E-state index in [4.69, 9.17) is 0 Å². The second-order valence-corrected chi connectivity index (χ2v) is 5.95. The van der Waals surface area contributed by atoms with Gasteiger partial charge in [0, 0.05) is 30.3 Å². The molecule has 0 bridgehead atoms. The van der Waals surface area contributed by atoms with E-state index in [1.807, 2.05) is 31.2 Å². The van der Waals surface area contributed by atoms with E-state index in [2.05, 4.69) is 21.2 Å². The average Bonchev–Trinajstić information content (AvgIpc) is 2.76. The largest absolute Gasteiger partial charge is 0.350 e. The van der Waals surface area contributed by atoms with Gasteiger partial charge in [-0.05, 0) is 24.6 Å². The summed E-state index contributed by atoms with van der Waals surface area (Å²) in [6.07, 6.45) is 0.652. The van der Waals surface area contributed by atoms with Crippen LogP contribution in [0.3, 0.4) is 0 Å². The molecule has 112 valence electrons. The predicted octanol–water partition coefficient (Wildman–Crippen LogP) is 2.17. The second kappa shape index (κ2) is 6.85. The number of carbonyl (C=O) groups is 3. The molecule has 1 fully saturated rings. The van der Waals surface area contributed by atoms with Crippen molar-refractivity contribution in [3.63, 3.8) is 0 Å². The Bertz CT molecular complexity index is 558. The molecule has 0 saturated carbocycles. The van der Waals surface area contributed by atoms with Gasteiger partial charge < -0.3 is 5.32 Å². The Hall–Kier alpha value is -1.69. The van der Waals surface area contributed by atoms with E-state index in [0.717, 1.165) is 10.0 Å². The fourth-order valence-corrected chi connectivity index (χ4v) is 2.68. The number of likely N-dealkylation sites (tertiary alicyclic amines) is 1. The lowest BCUT2D eigenvalue weighted by atomic mass is 10.1. The van der Waals surface area contributed by atoms with Crippen LogP contribution in [0.15, 0.2) is 28.7 Å². The molecule has 1 saturated heterocycles. The van der Waals surface area contributed by atoms with Gasteiger partial charge >= 0.3 is 0 Å². The number of hydrogen-bond acceptors (Lipinski definition) is 3. The van der Waals surface area contributed by atoms with Gasteiger partial charge in [0.05, 0.1) is 6.04 Å². The van der Waals surface area contributed by atoms with E-state index >= 15 is 0 Å². The van der Waals surface area contributed by atoms with Gasteiger partial charge in [0.15, 0.2) is 0 Å². The molecule has 0 aromatic heterocycles. The van der Waals surface area contributed by atoms with Gasteiger partial charge in [-0.15, -0.1) is 0 Å². The number of nitrogens with zero attached hydrogens (tertiary/aromatic N) is 1. The van der Waals surface area contributed by atoms with Crippen LogP contribution >= 0.6 is 15.9 Å². The molecule has 1 aromatic carbocycles. The van der Waals surface area contributed by atoms with E-state index in [-0.39, 0.29) is 49.6 Å². The van der Waals surface area contributed by atoms with Gasteiger partial charge in [0.25, 0.3) is 0 Å². The number of benzene rings is 1. The van der Waals surface area contributed by atoms with Crippen LogP contribution in [0, 0.1) is 0 Å². The third-order valence-electron chi connectivity index (χ3n) is 3.44. The van der Waals surface area contributed by atoms with E-state index in [9.17, 15) is 14.4 Å². The monoisotopic (exact) mass is 352 g/mol. The zero-order valence-electron chi connectivity index (χ0n) is 11.8. The fraction of sp³-hybridized carbons (Fsp3) is 0.400. The molecule has 21 heavy (non-hydrogen) atoms. The summed E-state index contributed by atoms with van der Waals surface area (Å²) < 4.78 is 0.953. The van der Waals surface area contributed by atoms with Crippen LogP contribution in [0.2, 0.25) is 0 Å². The quantitative estimate of drug-likeness (QED) is 0.825. The third-order valence-corrected chi connectivity index (χ3v) is 3.94. The van der Waals surface area contributed by atoms with Crippen molar-refractivity contribution in [3.8, 4) is 0 Å². The summed E-state index contributed by atoms with van der Waals surface area (Å²) in [5, 5.41) is 2.87. The minimum Gasteiger partial charge on any atom is -0.350 e. The summed E-state index contributed by atoms with van der Waals surface area (Å²) in [7, 11) is 0. The topological polar surface area (TPSA) is 66.5 Å². The first kappa shape index (κ1) is 15.7. The second-order valence-electron chi connectivity index (χ2n) is 5.03. The highest BCUT2D eigenvalue weighted by Gasteiger charge is 2.28. The fourth-order valence-electron chi connectivity index (χ4n) is 2.26. The number of imide groups is 1. The van der Waals surface area contributed by atoms with Crippen molar-refractivity contribution >= 4 is 33.7 Å². The van der Waals surface area contributed by atoms with Crippen LogP contribution in [0.4, 0.5) is 0 Å². The summed E-state index contributed by atoms with van der Waals surface area (Å²) in [6, 6.07) is 7.58. The molecule has 1 N–H and O–H groups in total. The number of carbonyl (C=O) groups excluding carboxylic acids is 3. The summed E-state index contributed by atoms with van der Waals surface area (Å²) >= 11 is 3.39.